The second-order valence-electron chi connectivity index (χ2n) is 8.48. The summed E-state index contributed by atoms with van der Waals surface area (Å²) in [4.78, 5) is 28.0. The van der Waals surface area contributed by atoms with Crippen LogP contribution in [0, 0.1) is 11.3 Å². The zero-order valence-corrected chi connectivity index (χ0v) is 18.5. The molecule has 0 aromatic carbocycles. The lowest BCUT2D eigenvalue weighted by Crippen LogP contribution is -2.42. The lowest BCUT2D eigenvalue weighted by Gasteiger charge is -2.24. The fourth-order valence-electron chi connectivity index (χ4n) is 4.30. The average molecular weight is 440 g/mol. The summed E-state index contributed by atoms with van der Waals surface area (Å²) >= 11 is 0. The Labute approximate surface area is 192 Å². The molecule has 2 aliphatic rings. The first-order valence-electron chi connectivity index (χ1n) is 11.2. The predicted octanol–water partition coefficient (Wildman–Crippen LogP) is 3.75. The van der Waals surface area contributed by atoms with Crippen LogP contribution in [-0.4, -0.2) is 40.5 Å². The fourth-order valence-corrected chi connectivity index (χ4v) is 4.30. The molecule has 8 nitrogen and oxygen atoms in total. The van der Waals surface area contributed by atoms with Crippen LogP contribution in [0.4, 0.5) is 17.5 Å². The van der Waals surface area contributed by atoms with Gasteiger partial charge >= 0.3 is 0 Å². The number of hydrogen-bond donors (Lipinski definition) is 2. The summed E-state index contributed by atoms with van der Waals surface area (Å²) in [6.07, 6.45) is 7.61. The van der Waals surface area contributed by atoms with Crippen LogP contribution in [-0.2, 0) is 4.79 Å². The molecule has 2 N–H and O–H groups in total. The van der Waals surface area contributed by atoms with Gasteiger partial charge in [-0.05, 0) is 73.6 Å². The van der Waals surface area contributed by atoms with Gasteiger partial charge in [-0.2, -0.15) is 5.26 Å². The van der Waals surface area contributed by atoms with Gasteiger partial charge in [-0.15, -0.1) is 0 Å². The number of pyridine rings is 3. The molecule has 33 heavy (non-hydrogen) atoms. The minimum absolute atomic E-state index is 0.0296. The van der Waals surface area contributed by atoms with Crippen molar-refractivity contribution in [2.24, 2.45) is 0 Å². The fraction of sp³-hybridized carbons (Fsp3) is 0.320. The van der Waals surface area contributed by atoms with Crippen molar-refractivity contribution in [2.75, 3.05) is 23.8 Å². The molecule has 5 rings (SSSR count). The highest BCUT2D eigenvalue weighted by Crippen LogP contribution is 2.42. The van der Waals surface area contributed by atoms with E-state index in [1.54, 1.807) is 25.4 Å². The summed E-state index contributed by atoms with van der Waals surface area (Å²) < 4.78 is 0. The van der Waals surface area contributed by atoms with Crippen LogP contribution in [0.1, 0.15) is 42.7 Å². The minimum Gasteiger partial charge on any atom is -0.357 e. The number of nitriles is 1. The van der Waals surface area contributed by atoms with Crippen LogP contribution in [0.2, 0.25) is 0 Å². The smallest absolute Gasteiger partial charge is 0.242 e. The normalized spacial score (nSPS) is 17.5. The Morgan fingerprint density at radius 1 is 1.12 bits per heavy atom. The van der Waals surface area contributed by atoms with Crippen molar-refractivity contribution in [1.82, 2.24) is 20.3 Å². The van der Waals surface area contributed by atoms with Crippen LogP contribution in [0.5, 0.6) is 0 Å². The molecular formula is C25H25N7O. The van der Waals surface area contributed by atoms with Gasteiger partial charge in [0.05, 0.1) is 17.3 Å². The molecule has 0 bridgehead atoms. The Morgan fingerprint density at radius 2 is 2.00 bits per heavy atom. The molecule has 8 heteroatoms. The SMILES string of the molecule is CNC(=O)C1CCCN1c1ccc(-c2cc(C3CC3)cc(Nc3cc(C#N)ccn3)n2)cn1. The number of carbonyl (C=O) groups excluding carboxylic acids is 1. The number of anilines is 3. The molecule has 3 aromatic rings. The van der Waals surface area contributed by atoms with Crippen LogP contribution < -0.4 is 15.5 Å². The van der Waals surface area contributed by atoms with Crippen molar-refractivity contribution < 1.29 is 4.79 Å². The Bertz CT molecular complexity index is 1210. The highest BCUT2D eigenvalue weighted by atomic mass is 16.2. The number of rotatable bonds is 6. The second-order valence-corrected chi connectivity index (χ2v) is 8.48. The highest BCUT2D eigenvalue weighted by molar-refractivity contribution is 5.85. The van der Waals surface area contributed by atoms with Gasteiger partial charge in [0.25, 0.3) is 0 Å². The Balaban J connectivity index is 1.42. The molecule has 4 heterocycles. The first-order valence-corrected chi connectivity index (χ1v) is 11.2. The van der Waals surface area contributed by atoms with Gasteiger partial charge in [0.15, 0.2) is 0 Å². The Kier molecular flexibility index (Phi) is 5.61. The van der Waals surface area contributed by atoms with E-state index in [0.29, 0.717) is 23.1 Å². The van der Waals surface area contributed by atoms with Gasteiger partial charge in [0.1, 0.15) is 23.5 Å². The van der Waals surface area contributed by atoms with E-state index in [9.17, 15) is 4.79 Å². The zero-order valence-electron chi connectivity index (χ0n) is 18.5. The van der Waals surface area contributed by atoms with E-state index in [1.165, 1.54) is 18.4 Å². The maximum absolute atomic E-state index is 12.2. The molecule has 3 aromatic heterocycles. The van der Waals surface area contributed by atoms with Gasteiger partial charge in [-0.3, -0.25) is 4.79 Å². The largest absolute Gasteiger partial charge is 0.357 e. The van der Waals surface area contributed by atoms with E-state index in [1.807, 2.05) is 18.3 Å². The number of amides is 1. The van der Waals surface area contributed by atoms with Gasteiger partial charge in [-0.1, -0.05) is 0 Å². The summed E-state index contributed by atoms with van der Waals surface area (Å²) in [5.74, 6) is 2.67. The molecule has 0 spiro atoms. The lowest BCUT2D eigenvalue weighted by molar-refractivity contribution is -0.121. The van der Waals surface area contributed by atoms with E-state index in [0.717, 1.165) is 36.5 Å². The van der Waals surface area contributed by atoms with Crippen molar-refractivity contribution in [3.05, 3.63) is 59.9 Å². The lowest BCUT2D eigenvalue weighted by atomic mass is 10.1. The quantitative estimate of drug-likeness (QED) is 0.602. The number of hydrogen-bond acceptors (Lipinski definition) is 7. The molecule has 1 aliphatic heterocycles. The number of likely N-dealkylation sites (N-methyl/N-ethyl adjacent to an activating group) is 1. The third-order valence-electron chi connectivity index (χ3n) is 6.18. The van der Waals surface area contributed by atoms with Crippen molar-refractivity contribution in [2.45, 2.75) is 37.6 Å². The molecule has 1 atom stereocenters. The molecule has 2 fully saturated rings. The van der Waals surface area contributed by atoms with Crippen LogP contribution in [0.3, 0.4) is 0 Å². The zero-order chi connectivity index (χ0) is 22.8. The minimum atomic E-state index is -0.169. The number of carbonyl (C=O) groups is 1. The number of nitrogens with one attached hydrogen (secondary N) is 2. The maximum atomic E-state index is 12.2. The summed E-state index contributed by atoms with van der Waals surface area (Å²) in [5, 5.41) is 15.2. The van der Waals surface area contributed by atoms with Crippen molar-refractivity contribution >= 4 is 23.4 Å². The van der Waals surface area contributed by atoms with E-state index < -0.39 is 0 Å². The molecule has 1 saturated carbocycles. The summed E-state index contributed by atoms with van der Waals surface area (Å²) in [6.45, 7) is 0.822. The van der Waals surface area contributed by atoms with Gasteiger partial charge in [0, 0.05) is 31.5 Å². The predicted molar refractivity (Wildman–Crippen MR) is 126 cm³/mol. The summed E-state index contributed by atoms with van der Waals surface area (Å²) in [6, 6.07) is 13.5. The van der Waals surface area contributed by atoms with Crippen molar-refractivity contribution in [3.63, 3.8) is 0 Å². The number of nitrogens with zero attached hydrogens (tertiary/aromatic N) is 5. The third kappa shape index (κ3) is 4.48. The Morgan fingerprint density at radius 3 is 2.73 bits per heavy atom. The molecule has 1 saturated heterocycles. The first-order chi connectivity index (χ1) is 16.1. The van der Waals surface area contributed by atoms with Crippen molar-refractivity contribution in [3.8, 4) is 17.3 Å². The average Bonchev–Trinajstić information content (AvgIpc) is 3.60. The molecule has 1 unspecified atom stereocenters. The molecular weight excluding hydrogens is 414 g/mol. The molecule has 1 aliphatic carbocycles. The van der Waals surface area contributed by atoms with Gasteiger partial charge in [0.2, 0.25) is 5.91 Å². The van der Waals surface area contributed by atoms with E-state index >= 15 is 0 Å². The highest BCUT2D eigenvalue weighted by Gasteiger charge is 2.31. The monoisotopic (exact) mass is 439 g/mol. The topological polar surface area (TPSA) is 107 Å². The standard InChI is InChI=1S/C25H25N7O/c1-27-25(33)21-3-2-10-32(21)24-7-6-18(15-29-24)20-12-19(17-4-5-17)13-23(30-20)31-22-11-16(14-26)8-9-28-22/h6-9,11-13,15,17,21H,2-5,10H2,1H3,(H,27,33)(H,28,30,31). The van der Waals surface area contributed by atoms with Crippen LogP contribution in [0.15, 0.2) is 48.8 Å². The van der Waals surface area contributed by atoms with Gasteiger partial charge < -0.3 is 15.5 Å². The Hall–Kier alpha value is -3.99. The van der Waals surface area contributed by atoms with Gasteiger partial charge in [-0.25, -0.2) is 15.0 Å². The molecule has 0 radical (unpaired) electrons. The molecule has 166 valence electrons. The summed E-state index contributed by atoms with van der Waals surface area (Å²) in [5.41, 5.74) is 3.53. The first kappa shape index (κ1) is 20.9. The second kappa shape index (κ2) is 8.87. The van der Waals surface area contributed by atoms with Crippen molar-refractivity contribution in [1.29, 1.82) is 5.26 Å². The number of aromatic nitrogens is 3. The van der Waals surface area contributed by atoms with E-state index in [2.05, 4.69) is 43.7 Å². The third-order valence-corrected chi connectivity index (χ3v) is 6.18. The van der Waals surface area contributed by atoms with Crippen LogP contribution in [0.25, 0.3) is 11.3 Å². The molecule has 1 amide bonds. The summed E-state index contributed by atoms with van der Waals surface area (Å²) in [7, 11) is 1.67. The van der Waals surface area contributed by atoms with E-state index in [4.69, 9.17) is 10.2 Å². The van der Waals surface area contributed by atoms with Crippen LogP contribution >= 0.6 is 0 Å². The maximum Gasteiger partial charge on any atom is 0.242 e. The van der Waals surface area contributed by atoms with E-state index in [-0.39, 0.29) is 11.9 Å².